The number of anilines is 1. The molecular weight excluding hydrogens is 803 g/mol. The fourth-order valence-electron chi connectivity index (χ4n) is 4.21. The number of nitro benzene ring substituents is 2. The number of rotatable bonds is 16. The van der Waals surface area contributed by atoms with Crippen molar-refractivity contribution >= 4 is 93.7 Å². The summed E-state index contributed by atoms with van der Waals surface area (Å²) in [7, 11) is -9.43. The highest BCUT2D eigenvalue weighted by Gasteiger charge is 2.27. The maximum atomic E-state index is 12.8. The minimum Gasteiger partial charge on any atom is -0.505 e. The fourth-order valence-corrected chi connectivity index (χ4v) is 7.78. The van der Waals surface area contributed by atoms with Gasteiger partial charge in [-0.15, -0.1) is 29.1 Å². The number of nitrogens with two attached hydrogens (primary N) is 1. The van der Waals surface area contributed by atoms with Crippen molar-refractivity contribution in [3.8, 4) is 11.5 Å². The number of hydrogen-bond acceptors (Lipinski definition) is 23. The van der Waals surface area contributed by atoms with Gasteiger partial charge < -0.3 is 15.9 Å². The number of benzene rings is 4. The quantitative estimate of drug-likeness (QED) is 0.0164. The van der Waals surface area contributed by atoms with Gasteiger partial charge in [0, 0.05) is 6.07 Å². The highest BCUT2D eigenvalue weighted by molar-refractivity contribution is 7.95. The molecule has 0 aliphatic rings. The zero-order chi connectivity index (χ0) is 39.2. The minimum atomic E-state index is -5.24. The lowest BCUT2D eigenvalue weighted by Gasteiger charge is -2.12. The van der Waals surface area contributed by atoms with Crippen LogP contribution in [0.2, 0.25) is 0 Å². The number of fused-ring (bicyclic) bond motifs is 1. The minimum absolute atomic E-state index is 0.160. The number of phenolic OH excluding ortho intramolecular Hbond substituents is 2. The first-order valence-electron chi connectivity index (χ1n) is 13.3. The molecule has 0 radical (unpaired) electrons. The average molecular weight is 822 g/mol. The molecule has 0 aliphatic heterocycles. The number of sulfone groups is 1. The Bertz CT molecular complexity index is 2430. The molecule has 53 heavy (non-hydrogen) atoms. The van der Waals surface area contributed by atoms with Gasteiger partial charge >= 0.3 is 5.69 Å². The zero-order valence-electron chi connectivity index (χ0n) is 25.5. The molecule has 0 aromatic heterocycles. The van der Waals surface area contributed by atoms with Gasteiger partial charge in [0.1, 0.15) is 27.6 Å². The molecule has 1 atom stereocenters. The van der Waals surface area contributed by atoms with Crippen LogP contribution in [-0.4, -0.2) is 67.7 Å². The molecule has 0 saturated carbocycles. The third-order valence-corrected chi connectivity index (χ3v) is 10.8. The third-order valence-electron chi connectivity index (χ3n) is 6.55. The zero-order valence-corrected chi connectivity index (χ0v) is 28.7. The van der Waals surface area contributed by atoms with Gasteiger partial charge in [-0.2, -0.15) is 8.42 Å². The molecule has 7 N–H and O–H groups in total. The first-order chi connectivity index (χ1) is 24.9. The van der Waals surface area contributed by atoms with Crippen molar-refractivity contribution in [2.45, 2.75) is 14.7 Å². The number of hydrogen-bond donors (Lipinski definition) is 6. The second-order valence-corrected chi connectivity index (χ2v) is 15.1. The van der Waals surface area contributed by atoms with Gasteiger partial charge in [-0.1, -0.05) is 16.1 Å². The van der Waals surface area contributed by atoms with E-state index in [-0.39, 0.29) is 33.7 Å². The van der Waals surface area contributed by atoms with E-state index in [0.717, 1.165) is 24.3 Å². The standard InChI is InChI=1S/C24H19N7O18S4/c25-14-3-1-11-7-19(53(43,44)45)22(29-27-16-8-12(30(34)35)9-17(23(16)32)31(36)37)24(33)20(11)21(14)28-26-15-4-2-13(10-18(15)50-48-46-38)52(41,42)6-5-51(40)49-47-39/h1-4,7-10,32-33,38-39H,5-6,25H2,(H,43,44,45). The van der Waals surface area contributed by atoms with Gasteiger partial charge in [0.25, 0.3) is 15.8 Å². The predicted octanol–water partition coefficient (Wildman–Crippen LogP) is 5.01. The van der Waals surface area contributed by atoms with E-state index in [1.165, 1.54) is 12.1 Å². The van der Waals surface area contributed by atoms with E-state index < -0.39 is 108 Å². The molecule has 25 nitrogen and oxygen atoms in total. The number of nitrogen functional groups attached to an aromatic ring is 1. The summed E-state index contributed by atoms with van der Waals surface area (Å²) in [5.74, 6) is -3.71. The van der Waals surface area contributed by atoms with Crippen LogP contribution in [0.25, 0.3) is 10.8 Å². The molecule has 4 aromatic carbocycles. The molecule has 0 saturated heterocycles. The topological polar surface area (TPSA) is 385 Å². The van der Waals surface area contributed by atoms with E-state index in [0.29, 0.717) is 12.1 Å². The fraction of sp³-hybridized carbons (Fsp3) is 0.0833. The molecule has 1 unspecified atom stereocenters. The van der Waals surface area contributed by atoms with E-state index in [4.69, 9.17) is 16.2 Å². The van der Waals surface area contributed by atoms with Crippen molar-refractivity contribution in [2.24, 2.45) is 20.5 Å². The van der Waals surface area contributed by atoms with Crippen LogP contribution < -0.4 is 5.73 Å². The number of non-ortho nitro benzene ring substituents is 1. The van der Waals surface area contributed by atoms with Crippen LogP contribution >= 0.6 is 12.0 Å². The number of nitrogens with zero attached hydrogens (tertiary/aromatic N) is 6. The van der Waals surface area contributed by atoms with E-state index >= 15 is 0 Å². The first kappa shape index (κ1) is 40.4. The Morgan fingerprint density at radius 2 is 1.53 bits per heavy atom. The molecule has 0 aliphatic carbocycles. The van der Waals surface area contributed by atoms with Crippen LogP contribution in [0.5, 0.6) is 11.5 Å². The summed E-state index contributed by atoms with van der Waals surface area (Å²) in [5.41, 5.74) is 1.21. The molecule has 29 heteroatoms. The van der Waals surface area contributed by atoms with Crippen LogP contribution in [0, 0.1) is 20.2 Å². The van der Waals surface area contributed by atoms with Gasteiger partial charge in [0.2, 0.25) is 5.75 Å². The lowest BCUT2D eigenvalue weighted by molar-refractivity contribution is -0.434. The summed E-state index contributed by atoms with van der Waals surface area (Å²) in [6.07, 6.45) is 0. The number of aromatic hydroxyl groups is 2. The van der Waals surface area contributed by atoms with Gasteiger partial charge in [-0.3, -0.25) is 24.8 Å². The van der Waals surface area contributed by atoms with Crippen molar-refractivity contribution < 1.29 is 74.9 Å². The molecule has 0 heterocycles. The van der Waals surface area contributed by atoms with Crippen molar-refractivity contribution in [3.05, 3.63) is 68.8 Å². The van der Waals surface area contributed by atoms with E-state index in [9.17, 15) is 56.0 Å². The monoisotopic (exact) mass is 821 g/mol. The molecular formula is C24H19N7O18S4. The summed E-state index contributed by atoms with van der Waals surface area (Å²) >= 11 is -2.10. The van der Waals surface area contributed by atoms with Gasteiger partial charge in [0.15, 0.2) is 26.7 Å². The van der Waals surface area contributed by atoms with Crippen molar-refractivity contribution in [1.82, 2.24) is 0 Å². The van der Waals surface area contributed by atoms with Crippen molar-refractivity contribution in [2.75, 3.05) is 17.2 Å². The second-order valence-electron chi connectivity index (χ2n) is 9.72. The maximum Gasteiger partial charge on any atom is 0.319 e. The summed E-state index contributed by atoms with van der Waals surface area (Å²) in [6, 6.07) is 7.23. The molecule has 4 aromatic rings. The predicted molar refractivity (Wildman–Crippen MR) is 177 cm³/mol. The lowest BCUT2D eigenvalue weighted by atomic mass is 10.1. The Balaban J connectivity index is 1.88. The van der Waals surface area contributed by atoms with Crippen LogP contribution in [0.15, 0.2) is 83.7 Å². The van der Waals surface area contributed by atoms with Gasteiger partial charge in [0.05, 0.1) is 60.3 Å². The van der Waals surface area contributed by atoms with E-state index in [1.807, 2.05) is 0 Å². The highest BCUT2D eigenvalue weighted by atomic mass is 32.2. The maximum absolute atomic E-state index is 12.8. The molecule has 282 valence electrons. The summed E-state index contributed by atoms with van der Waals surface area (Å²) < 4.78 is 80.0. The lowest BCUT2D eigenvalue weighted by Crippen LogP contribution is -2.15. The first-order valence-corrected chi connectivity index (χ1v) is 18.4. The van der Waals surface area contributed by atoms with E-state index in [1.54, 1.807) is 0 Å². The Morgan fingerprint density at radius 1 is 0.849 bits per heavy atom. The third kappa shape index (κ3) is 9.37. The molecule has 4 rings (SSSR count). The normalized spacial score (nSPS) is 12.9. The largest absolute Gasteiger partial charge is 0.505 e. The molecule has 0 bridgehead atoms. The van der Waals surface area contributed by atoms with Gasteiger partial charge in [-0.25, -0.2) is 23.1 Å². The van der Waals surface area contributed by atoms with Crippen LogP contribution in [0.3, 0.4) is 0 Å². The Morgan fingerprint density at radius 3 is 2.15 bits per heavy atom. The molecule has 0 fully saturated rings. The van der Waals surface area contributed by atoms with Crippen LogP contribution in [-0.2, 0) is 49.8 Å². The van der Waals surface area contributed by atoms with Crippen LogP contribution in [0.1, 0.15) is 0 Å². The van der Waals surface area contributed by atoms with Gasteiger partial charge in [-0.05, 0) is 35.7 Å². The summed E-state index contributed by atoms with van der Waals surface area (Å²) in [6.45, 7) is 0. The summed E-state index contributed by atoms with van der Waals surface area (Å²) in [4.78, 5) is 18.7. The van der Waals surface area contributed by atoms with Crippen molar-refractivity contribution in [3.63, 3.8) is 0 Å². The second kappa shape index (κ2) is 16.6. The molecule has 0 spiro atoms. The Hall–Kier alpha value is -5.34. The van der Waals surface area contributed by atoms with Crippen molar-refractivity contribution in [1.29, 1.82) is 0 Å². The Labute approximate surface area is 300 Å². The summed E-state index contributed by atoms with van der Waals surface area (Å²) in [5, 5.41) is 82.3. The number of nitro groups is 2. The SMILES string of the molecule is Nc1ccc2cc(S(=O)(=O)O)c(N=Nc3cc([N+](=O)[O-])cc([N+](=O)[O-])c3O)c(O)c2c1N=Nc1ccc(S(=O)(=O)CCS(=O)OOO)cc1SOOO. The average Bonchev–Trinajstić information content (AvgIpc) is 3.09. The van der Waals surface area contributed by atoms with Crippen LogP contribution in [0.4, 0.5) is 39.8 Å². The molecule has 0 amide bonds. The smallest absolute Gasteiger partial charge is 0.319 e. The highest BCUT2D eigenvalue weighted by Crippen LogP contribution is 2.48. The van der Waals surface area contributed by atoms with E-state index in [2.05, 4.69) is 39.2 Å². The Kier molecular flexibility index (Phi) is 12.6. The number of azo groups is 2. The number of phenols is 2.